The highest BCUT2D eigenvalue weighted by Crippen LogP contribution is 2.39. The van der Waals surface area contributed by atoms with Crippen molar-refractivity contribution in [2.75, 3.05) is 72.6 Å². The van der Waals surface area contributed by atoms with Crippen molar-refractivity contribution in [1.82, 2.24) is 20.3 Å². The number of fused-ring (bicyclic) bond motifs is 2. The lowest BCUT2D eigenvalue weighted by atomic mass is 9.86. The third-order valence-corrected chi connectivity index (χ3v) is 7.01. The molecule has 14 heteroatoms. The molecule has 1 amide bonds. The summed E-state index contributed by atoms with van der Waals surface area (Å²) in [5.74, 6) is -0.225. The van der Waals surface area contributed by atoms with Crippen LogP contribution in [0, 0.1) is 5.92 Å². The van der Waals surface area contributed by atoms with Gasteiger partial charge in [-0.15, -0.1) is 5.10 Å². The molecule has 0 aromatic carbocycles. The van der Waals surface area contributed by atoms with Gasteiger partial charge < -0.3 is 48.7 Å². The SMILES string of the molecule is CCCCCC(=O)NCCOCc1cn(CCOCCOCCOCCOC[C@@]23CO[C@@H](O2)[C@H](C)[C@@H](O)[C@H]3O)nn1. The van der Waals surface area contributed by atoms with Crippen LogP contribution in [0.1, 0.15) is 45.2 Å². The Hall–Kier alpha value is -1.75. The van der Waals surface area contributed by atoms with Crippen molar-refractivity contribution in [3.8, 4) is 0 Å². The highest BCUT2D eigenvalue weighted by molar-refractivity contribution is 5.75. The maximum Gasteiger partial charge on any atom is 0.220 e. The van der Waals surface area contributed by atoms with Gasteiger partial charge in [-0.2, -0.15) is 0 Å². The number of carbonyl (C=O) groups is 1. The highest BCUT2D eigenvalue weighted by Gasteiger charge is 2.57. The number of aliphatic hydroxyl groups excluding tert-OH is 2. The summed E-state index contributed by atoms with van der Waals surface area (Å²) in [6.07, 6.45) is 2.99. The zero-order valence-corrected chi connectivity index (χ0v) is 24.4. The molecule has 2 bridgehead atoms. The smallest absolute Gasteiger partial charge is 0.220 e. The molecule has 5 atom stereocenters. The van der Waals surface area contributed by atoms with E-state index in [1.165, 1.54) is 0 Å². The summed E-state index contributed by atoms with van der Waals surface area (Å²) in [6, 6.07) is 0. The third-order valence-electron chi connectivity index (χ3n) is 7.01. The average molecular weight is 589 g/mol. The predicted octanol–water partition coefficient (Wildman–Crippen LogP) is 0.0408. The number of aromatic nitrogens is 3. The quantitative estimate of drug-likeness (QED) is 0.147. The van der Waals surface area contributed by atoms with E-state index in [0.717, 1.165) is 25.0 Å². The van der Waals surface area contributed by atoms with Crippen LogP contribution < -0.4 is 5.32 Å². The molecule has 2 aliphatic rings. The first-order valence-electron chi connectivity index (χ1n) is 14.6. The first-order chi connectivity index (χ1) is 19.9. The van der Waals surface area contributed by atoms with Crippen LogP contribution in [0.4, 0.5) is 0 Å². The van der Waals surface area contributed by atoms with Gasteiger partial charge in [0.25, 0.3) is 0 Å². The molecule has 1 aromatic heterocycles. The van der Waals surface area contributed by atoms with Gasteiger partial charge in [0.1, 0.15) is 17.4 Å². The minimum Gasteiger partial charge on any atom is -0.390 e. The van der Waals surface area contributed by atoms with Gasteiger partial charge in [0.15, 0.2) is 6.29 Å². The number of hydrogen-bond donors (Lipinski definition) is 3. The van der Waals surface area contributed by atoms with Gasteiger partial charge >= 0.3 is 0 Å². The summed E-state index contributed by atoms with van der Waals surface area (Å²) in [4.78, 5) is 11.7. The minimum absolute atomic E-state index is 0.0666. The molecule has 2 aliphatic heterocycles. The molecule has 14 nitrogen and oxygen atoms in total. The zero-order valence-electron chi connectivity index (χ0n) is 24.4. The number of ether oxygens (including phenoxy) is 7. The van der Waals surface area contributed by atoms with E-state index >= 15 is 0 Å². The summed E-state index contributed by atoms with van der Waals surface area (Å²) >= 11 is 0. The van der Waals surface area contributed by atoms with Crippen LogP contribution in [-0.2, 0) is 51.1 Å². The molecule has 3 heterocycles. The molecule has 3 N–H and O–H groups in total. The third kappa shape index (κ3) is 11.5. The normalized spacial score (nSPS) is 25.6. The molecular formula is C27H48N4O10. The van der Waals surface area contributed by atoms with E-state index in [4.69, 9.17) is 33.2 Å². The molecule has 1 aromatic rings. The van der Waals surface area contributed by atoms with Crippen LogP contribution in [0.5, 0.6) is 0 Å². The lowest BCUT2D eigenvalue weighted by Gasteiger charge is -2.41. The van der Waals surface area contributed by atoms with Gasteiger partial charge in [0.2, 0.25) is 5.91 Å². The van der Waals surface area contributed by atoms with Crippen molar-refractivity contribution in [2.24, 2.45) is 5.92 Å². The fourth-order valence-corrected chi connectivity index (χ4v) is 4.50. The second-order valence-corrected chi connectivity index (χ2v) is 10.4. The molecule has 0 radical (unpaired) electrons. The Balaban J connectivity index is 1.08. The number of rotatable bonds is 23. The molecule has 2 fully saturated rings. The standard InChI is InChI=1S/C27H48N4O10/c1-3-4-5-6-23(32)28-7-9-38-18-22-17-31(30-29-22)8-10-35-11-12-36-13-14-37-15-16-39-19-27-20-40-26(41-27)21(2)24(33)25(27)34/h17,21,24-26,33-34H,3-16,18-20H2,1-2H3,(H,28,32)/t21-,24-,25-,26+,27+/m1/s1. The largest absolute Gasteiger partial charge is 0.390 e. The van der Waals surface area contributed by atoms with E-state index in [1.54, 1.807) is 11.6 Å². The molecule has 3 rings (SSSR count). The average Bonchev–Trinajstić information content (AvgIpc) is 3.60. The number of unbranched alkanes of at least 4 members (excludes halogenated alkanes) is 2. The van der Waals surface area contributed by atoms with Crippen molar-refractivity contribution >= 4 is 5.91 Å². The van der Waals surface area contributed by atoms with Crippen molar-refractivity contribution in [1.29, 1.82) is 0 Å². The molecular weight excluding hydrogens is 540 g/mol. The number of hydrogen-bond acceptors (Lipinski definition) is 12. The topological polar surface area (TPSA) is 165 Å². The minimum atomic E-state index is -1.06. The summed E-state index contributed by atoms with van der Waals surface area (Å²) in [5, 5.41) is 31.6. The number of aliphatic hydroxyl groups is 2. The van der Waals surface area contributed by atoms with Crippen LogP contribution >= 0.6 is 0 Å². The molecule has 0 saturated carbocycles. The monoisotopic (exact) mass is 588 g/mol. The molecule has 41 heavy (non-hydrogen) atoms. The Morgan fingerprint density at radius 3 is 2.49 bits per heavy atom. The van der Waals surface area contributed by atoms with Crippen molar-refractivity contribution in [2.45, 2.75) is 76.8 Å². The fourth-order valence-electron chi connectivity index (χ4n) is 4.50. The zero-order chi connectivity index (χ0) is 29.3. The Bertz CT molecular complexity index is 862. The highest BCUT2D eigenvalue weighted by atomic mass is 16.7. The van der Waals surface area contributed by atoms with E-state index in [0.29, 0.717) is 79.0 Å². The molecule has 0 spiro atoms. The Kier molecular flexibility index (Phi) is 15.4. The first-order valence-corrected chi connectivity index (χ1v) is 14.6. The molecule has 0 aliphatic carbocycles. The predicted molar refractivity (Wildman–Crippen MR) is 145 cm³/mol. The van der Waals surface area contributed by atoms with Crippen molar-refractivity contribution in [3.05, 3.63) is 11.9 Å². The first kappa shape index (κ1) is 33.7. The number of carbonyl (C=O) groups excluding carboxylic acids is 1. The van der Waals surface area contributed by atoms with Crippen LogP contribution in [0.3, 0.4) is 0 Å². The second kappa shape index (κ2) is 18.7. The van der Waals surface area contributed by atoms with E-state index in [1.807, 2.05) is 6.20 Å². The van der Waals surface area contributed by atoms with Gasteiger partial charge in [-0.3, -0.25) is 4.79 Å². The Morgan fingerprint density at radius 1 is 1.05 bits per heavy atom. The van der Waals surface area contributed by atoms with Gasteiger partial charge in [-0.05, 0) is 6.42 Å². The van der Waals surface area contributed by atoms with Crippen LogP contribution in [-0.4, -0.2) is 128 Å². The number of nitrogens with zero attached hydrogens (tertiary/aromatic N) is 3. The lowest BCUT2D eigenvalue weighted by Crippen LogP contribution is -2.60. The van der Waals surface area contributed by atoms with E-state index in [-0.39, 0.29) is 25.0 Å². The Morgan fingerprint density at radius 2 is 1.76 bits per heavy atom. The summed E-state index contributed by atoms with van der Waals surface area (Å²) in [6.45, 7) is 8.96. The maximum absolute atomic E-state index is 11.7. The summed E-state index contributed by atoms with van der Waals surface area (Å²) in [5.41, 5.74) is -0.305. The number of amides is 1. The lowest BCUT2D eigenvalue weighted by molar-refractivity contribution is -0.248. The summed E-state index contributed by atoms with van der Waals surface area (Å²) < 4.78 is 40.8. The molecule has 2 saturated heterocycles. The van der Waals surface area contributed by atoms with Crippen LogP contribution in [0.25, 0.3) is 0 Å². The van der Waals surface area contributed by atoms with Gasteiger partial charge in [-0.25, -0.2) is 4.68 Å². The van der Waals surface area contributed by atoms with Gasteiger partial charge in [0.05, 0.1) is 91.5 Å². The second-order valence-electron chi connectivity index (χ2n) is 10.4. The number of nitrogens with one attached hydrogen (secondary N) is 1. The van der Waals surface area contributed by atoms with Crippen molar-refractivity contribution in [3.63, 3.8) is 0 Å². The molecule has 236 valence electrons. The van der Waals surface area contributed by atoms with Gasteiger partial charge in [0, 0.05) is 18.9 Å². The van der Waals surface area contributed by atoms with Crippen molar-refractivity contribution < 1.29 is 48.2 Å². The van der Waals surface area contributed by atoms with Gasteiger partial charge in [-0.1, -0.05) is 31.9 Å². The molecule has 0 unspecified atom stereocenters. The van der Waals surface area contributed by atoms with E-state index < -0.39 is 24.1 Å². The fraction of sp³-hybridized carbons (Fsp3) is 0.889. The summed E-state index contributed by atoms with van der Waals surface area (Å²) in [7, 11) is 0. The Labute approximate surface area is 241 Å². The van der Waals surface area contributed by atoms with Crippen LogP contribution in [0.2, 0.25) is 0 Å². The maximum atomic E-state index is 11.7. The van der Waals surface area contributed by atoms with Crippen LogP contribution in [0.15, 0.2) is 6.20 Å². The van der Waals surface area contributed by atoms with E-state index in [9.17, 15) is 15.0 Å². The van der Waals surface area contributed by atoms with E-state index in [2.05, 4.69) is 22.6 Å².